The zero-order valence-electron chi connectivity index (χ0n) is 19.3. The Bertz CT molecular complexity index is 1210. The number of aromatic nitrogens is 1. The highest BCUT2D eigenvalue weighted by Crippen LogP contribution is 2.28. The van der Waals surface area contributed by atoms with Gasteiger partial charge in [0.1, 0.15) is 5.82 Å². The summed E-state index contributed by atoms with van der Waals surface area (Å²) in [6.07, 6.45) is 4.31. The topological polar surface area (TPSA) is 51.3 Å². The first-order valence-electron chi connectivity index (χ1n) is 12.2. The van der Waals surface area contributed by atoms with E-state index in [1.165, 1.54) is 22.6 Å². The van der Waals surface area contributed by atoms with E-state index >= 15 is 0 Å². The molecule has 5 heteroatoms. The van der Waals surface area contributed by atoms with E-state index in [9.17, 15) is 9.50 Å². The van der Waals surface area contributed by atoms with Crippen LogP contribution in [0.3, 0.4) is 0 Å². The number of fused-ring (bicyclic) bond motifs is 1. The summed E-state index contributed by atoms with van der Waals surface area (Å²) in [6.45, 7) is 2.16. The number of H-pyrrole nitrogens is 1. The molecule has 1 aliphatic carbocycles. The summed E-state index contributed by atoms with van der Waals surface area (Å²) < 4.78 is 13.9. The summed E-state index contributed by atoms with van der Waals surface area (Å²) in [6, 6.07) is 25.5. The van der Waals surface area contributed by atoms with Gasteiger partial charge in [-0.15, -0.1) is 0 Å². The number of halogens is 1. The molecule has 1 aromatic heterocycles. The smallest absolute Gasteiger partial charge is 0.123 e. The van der Waals surface area contributed by atoms with Crippen molar-refractivity contribution in [1.82, 2.24) is 15.2 Å². The molecule has 0 bridgehead atoms. The summed E-state index contributed by atoms with van der Waals surface area (Å²) in [4.78, 5) is 5.70. The summed E-state index contributed by atoms with van der Waals surface area (Å²) in [5.41, 5.74) is 4.56. The molecule has 1 heterocycles. The first kappa shape index (κ1) is 22.8. The van der Waals surface area contributed by atoms with Gasteiger partial charge in [-0.25, -0.2) is 4.39 Å². The monoisotopic (exact) mass is 457 g/mol. The molecule has 1 aliphatic rings. The Hall–Kier alpha value is -2.99. The summed E-state index contributed by atoms with van der Waals surface area (Å²) in [5.74, 6) is -0.219. The third-order valence-corrected chi connectivity index (χ3v) is 7.08. The first-order chi connectivity index (χ1) is 16.7. The van der Waals surface area contributed by atoms with Crippen molar-refractivity contribution in [3.63, 3.8) is 0 Å². The second kappa shape index (κ2) is 10.5. The van der Waals surface area contributed by atoms with Gasteiger partial charge in [0.15, 0.2) is 0 Å². The molecule has 0 amide bonds. The van der Waals surface area contributed by atoms with E-state index < -0.39 is 6.10 Å². The number of nitrogens with zero attached hydrogens (tertiary/aromatic N) is 1. The molecule has 0 unspecified atom stereocenters. The van der Waals surface area contributed by atoms with E-state index in [1.807, 2.05) is 30.3 Å². The summed E-state index contributed by atoms with van der Waals surface area (Å²) >= 11 is 0. The van der Waals surface area contributed by atoms with Crippen LogP contribution in [0.15, 0.2) is 85.1 Å². The van der Waals surface area contributed by atoms with Crippen molar-refractivity contribution in [2.45, 2.75) is 50.5 Å². The van der Waals surface area contributed by atoms with Crippen LogP contribution in [-0.4, -0.2) is 39.7 Å². The number of aromatic amines is 1. The fourth-order valence-corrected chi connectivity index (χ4v) is 5.26. The van der Waals surface area contributed by atoms with Crippen LogP contribution >= 0.6 is 0 Å². The van der Waals surface area contributed by atoms with Crippen LogP contribution in [0, 0.1) is 5.82 Å². The predicted octanol–water partition coefficient (Wildman–Crippen LogP) is 5.03. The summed E-state index contributed by atoms with van der Waals surface area (Å²) in [5, 5.41) is 16.1. The van der Waals surface area contributed by atoms with Crippen molar-refractivity contribution in [2.24, 2.45) is 0 Å². The minimum atomic E-state index is -0.472. The molecule has 0 saturated heterocycles. The molecule has 3 N–H and O–H groups in total. The van der Waals surface area contributed by atoms with Crippen LogP contribution in [0.4, 0.5) is 4.39 Å². The highest BCUT2D eigenvalue weighted by atomic mass is 19.1. The second-order valence-corrected chi connectivity index (χ2v) is 9.32. The van der Waals surface area contributed by atoms with E-state index in [4.69, 9.17) is 0 Å². The molecular formula is C29H32FN3O. The quantitative estimate of drug-likeness (QED) is 0.330. The minimum Gasteiger partial charge on any atom is -0.390 e. The molecule has 3 atom stereocenters. The lowest BCUT2D eigenvalue weighted by Crippen LogP contribution is -2.47. The lowest BCUT2D eigenvalue weighted by Gasteiger charge is -2.32. The molecule has 1 saturated carbocycles. The molecule has 5 rings (SSSR count). The van der Waals surface area contributed by atoms with Crippen LogP contribution in [0.2, 0.25) is 0 Å². The molecule has 4 aromatic rings. The Morgan fingerprint density at radius 1 is 0.941 bits per heavy atom. The molecule has 0 aliphatic heterocycles. The Morgan fingerprint density at radius 3 is 2.59 bits per heavy atom. The predicted molar refractivity (Wildman–Crippen MR) is 135 cm³/mol. The number of para-hydroxylation sites is 1. The maximum absolute atomic E-state index is 13.9. The van der Waals surface area contributed by atoms with Crippen molar-refractivity contribution >= 4 is 10.9 Å². The Balaban J connectivity index is 1.30. The first-order valence-corrected chi connectivity index (χ1v) is 12.2. The van der Waals surface area contributed by atoms with Crippen molar-refractivity contribution < 1.29 is 9.50 Å². The molecule has 0 radical (unpaired) electrons. The van der Waals surface area contributed by atoms with Gasteiger partial charge < -0.3 is 15.4 Å². The van der Waals surface area contributed by atoms with Gasteiger partial charge in [0.2, 0.25) is 0 Å². The number of benzene rings is 3. The summed E-state index contributed by atoms with van der Waals surface area (Å²) in [7, 11) is 0. The van der Waals surface area contributed by atoms with Gasteiger partial charge in [-0.05, 0) is 54.2 Å². The van der Waals surface area contributed by atoms with Crippen LogP contribution in [0.5, 0.6) is 0 Å². The lowest BCUT2D eigenvalue weighted by molar-refractivity contribution is 0.0515. The average Bonchev–Trinajstić information content (AvgIpc) is 3.44. The number of hydrogen-bond acceptors (Lipinski definition) is 3. The maximum Gasteiger partial charge on any atom is 0.123 e. The standard InChI is InChI=1S/C29H32FN3O/c30-24-10-6-9-22(17-24)20-33(16-15-23-19-32-26-12-5-4-11-25(23)26)28-14-13-27(29(28)34)31-18-21-7-2-1-3-8-21/h1-12,17,19,27-29,31-32,34H,13-16,18,20H2/t27-,28-,29-/m1/s1. The number of hydrogen-bond donors (Lipinski definition) is 3. The fraction of sp³-hybridized carbons (Fsp3) is 0.310. The Morgan fingerprint density at radius 2 is 1.74 bits per heavy atom. The third kappa shape index (κ3) is 5.22. The van der Waals surface area contributed by atoms with E-state index in [0.29, 0.717) is 6.54 Å². The van der Waals surface area contributed by atoms with E-state index in [0.717, 1.165) is 43.4 Å². The highest BCUT2D eigenvalue weighted by Gasteiger charge is 2.37. The molecule has 3 aromatic carbocycles. The van der Waals surface area contributed by atoms with E-state index in [-0.39, 0.29) is 17.9 Å². The van der Waals surface area contributed by atoms with Crippen LogP contribution < -0.4 is 5.32 Å². The zero-order valence-corrected chi connectivity index (χ0v) is 19.3. The zero-order chi connectivity index (χ0) is 23.3. The van der Waals surface area contributed by atoms with Gasteiger partial charge >= 0.3 is 0 Å². The third-order valence-electron chi connectivity index (χ3n) is 7.08. The molecule has 34 heavy (non-hydrogen) atoms. The lowest BCUT2D eigenvalue weighted by atomic mass is 10.1. The van der Waals surface area contributed by atoms with Crippen molar-refractivity contribution in [2.75, 3.05) is 6.54 Å². The van der Waals surface area contributed by atoms with Crippen molar-refractivity contribution in [3.05, 3.63) is 108 Å². The number of rotatable bonds is 9. The van der Waals surface area contributed by atoms with Crippen LogP contribution in [0.25, 0.3) is 10.9 Å². The molecule has 4 nitrogen and oxygen atoms in total. The normalized spacial score (nSPS) is 20.4. The van der Waals surface area contributed by atoms with Crippen molar-refractivity contribution in [3.8, 4) is 0 Å². The highest BCUT2D eigenvalue weighted by molar-refractivity contribution is 5.83. The van der Waals surface area contributed by atoms with Crippen LogP contribution in [-0.2, 0) is 19.5 Å². The van der Waals surface area contributed by atoms with E-state index in [1.54, 1.807) is 12.1 Å². The van der Waals surface area contributed by atoms with E-state index in [2.05, 4.69) is 51.7 Å². The molecule has 176 valence electrons. The fourth-order valence-electron chi connectivity index (χ4n) is 5.26. The Labute approximate surface area is 200 Å². The average molecular weight is 458 g/mol. The van der Waals surface area contributed by atoms with Gasteiger partial charge in [-0.3, -0.25) is 4.90 Å². The van der Waals surface area contributed by atoms with Gasteiger partial charge in [0.25, 0.3) is 0 Å². The Kier molecular flexibility index (Phi) is 7.05. The number of aliphatic hydroxyl groups is 1. The van der Waals surface area contributed by atoms with Crippen LogP contribution in [0.1, 0.15) is 29.5 Å². The second-order valence-electron chi connectivity index (χ2n) is 9.32. The molecular weight excluding hydrogens is 425 g/mol. The minimum absolute atomic E-state index is 0.0294. The van der Waals surface area contributed by atoms with Gasteiger partial charge in [0, 0.05) is 48.8 Å². The molecule has 0 spiro atoms. The van der Waals surface area contributed by atoms with Crippen molar-refractivity contribution in [1.29, 1.82) is 0 Å². The largest absolute Gasteiger partial charge is 0.390 e. The molecule has 1 fully saturated rings. The SMILES string of the molecule is O[C@H]1[C@H](N(CCc2c[nH]c3ccccc23)Cc2cccc(F)c2)CC[C@H]1NCc1ccccc1. The number of aliphatic hydroxyl groups excluding tert-OH is 1. The van der Waals surface area contributed by atoms with Gasteiger partial charge in [0.05, 0.1) is 6.10 Å². The maximum atomic E-state index is 13.9. The number of nitrogens with one attached hydrogen (secondary N) is 2. The van der Waals surface area contributed by atoms with Gasteiger partial charge in [-0.1, -0.05) is 60.7 Å². The van der Waals surface area contributed by atoms with Gasteiger partial charge in [-0.2, -0.15) is 0 Å².